The van der Waals surface area contributed by atoms with Crippen LogP contribution in [0.5, 0.6) is 5.75 Å². The standard InChI is InChI=1S/C31H38FN3O5S2/c1-7-40-25-14-12-24(13-15-25)35(42(38,39)27-18-16-26(41-6)17-19-27)21-29(36)34(20-23-10-8-9-11-28(23)32)22(2)30(37)33-31(3,4)5/h8-19,22H,7,20-21H2,1-6H3,(H,33,37). The highest BCUT2D eigenvalue weighted by Crippen LogP contribution is 2.28. The van der Waals surface area contributed by atoms with Gasteiger partial charge < -0.3 is 15.0 Å². The first-order chi connectivity index (χ1) is 19.8. The molecule has 0 saturated heterocycles. The van der Waals surface area contributed by atoms with Gasteiger partial charge in [0.2, 0.25) is 11.8 Å². The highest BCUT2D eigenvalue weighted by molar-refractivity contribution is 7.98. The molecule has 3 aromatic rings. The first-order valence-corrected chi connectivity index (χ1v) is 16.2. The second kappa shape index (κ2) is 14.1. The fraction of sp³-hybridized carbons (Fsp3) is 0.355. The number of carbonyl (C=O) groups excluding carboxylic acids is 2. The molecular formula is C31H38FN3O5S2. The Labute approximate surface area is 252 Å². The molecule has 0 radical (unpaired) electrons. The summed E-state index contributed by atoms with van der Waals surface area (Å²) in [6, 6.07) is 17.7. The summed E-state index contributed by atoms with van der Waals surface area (Å²) in [7, 11) is -4.23. The Morgan fingerprint density at radius 3 is 2.17 bits per heavy atom. The smallest absolute Gasteiger partial charge is 0.264 e. The number of hydrogen-bond acceptors (Lipinski definition) is 6. The number of amides is 2. The van der Waals surface area contributed by atoms with Crippen molar-refractivity contribution in [1.29, 1.82) is 0 Å². The minimum Gasteiger partial charge on any atom is -0.494 e. The number of rotatable bonds is 12. The Morgan fingerprint density at radius 1 is 1.00 bits per heavy atom. The summed E-state index contributed by atoms with van der Waals surface area (Å²) in [5.41, 5.74) is -0.152. The van der Waals surface area contributed by atoms with Gasteiger partial charge in [-0.2, -0.15) is 0 Å². The molecule has 8 nitrogen and oxygen atoms in total. The van der Waals surface area contributed by atoms with Gasteiger partial charge >= 0.3 is 0 Å². The molecule has 0 aliphatic heterocycles. The fourth-order valence-electron chi connectivity index (χ4n) is 4.15. The molecule has 0 aliphatic carbocycles. The zero-order chi connectivity index (χ0) is 31.1. The minimum absolute atomic E-state index is 0.00108. The molecule has 11 heteroatoms. The summed E-state index contributed by atoms with van der Waals surface area (Å²) in [5, 5.41) is 2.85. The number of anilines is 1. The van der Waals surface area contributed by atoms with Crippen LogP contribution in [0.4, 0.5) is 10.1 Å². The lowest BCUT2D eigenvalue weighted by atomic mass is 10.1. The van der Waals surface area contributed by atoms with Crippen molar-refractivity contribution in [3.8, 4) is 5.75 Å². The maximum Gasteiger partial charge on any atom is 0.264 e. The number of hydrogen-bond donors (Lipinski definition) is 1. The predicted octanol–water partition coefficient (Wildman–Crippen LogP) is 5.47. The molecule has 0 spiro atoms. The molecule has 0 fully saturated rings. The monoisotopic (exact) mass is 615 g/mol. The molecule has 1 unspecified atom stereocenters. The molecule has 0 heterocycles. The number of halogens is 1. The van der Waals surface area contributed by atoms with E-state index in [4.69, 9.17) is 4.74 Å². The number of thioether (sulfide) groups is 1. The molecule has 3 aromatic carbocycles. The van der Waals surface area contributed by atoms with Crippen LogP contribution in [0.25, 0.3) is 0 Å². The van der Waals surface area contributed by atoms with Gasteiger partial charge in [-0.1, -0.05) is 18.2 Å². The van der Waals surface area contributed by atoms with Gasteiger partial charge in [0, 0.05) is 22.5 Å². The van der Waals surface area contributed by atoms with Crippen LogP contribution < -0.4 is 14.4 Å². The van der Waals surface area contributed by atoms with Crippen molar-refractivity contribution in [1.82, 2.24) is 10.2 Å². The van der Waals surface area contributed by atoms with E-state index < -0.39 is 45.8 Å². The fourth-order valence-corrected chi connectivity index (χ4v) is 5.97. The lowest BCUT2D eigenvalue weighted by Crippen LogP contribution is -2.54. The third kappa shape index (κ3) is 8.48. The van der Waals surface area contributed by atoms with E-state index in [1.165, 1.54) is 53.9 Å². The van der Waals surface area contributed by atoms with Gasteiger partial charge in [0.1, 0.15) is 24.2 Å². The first-order valence-electron chi connectivity index (χ1n) is 13.5. The van der Waals surface area contributed by atoms with Gasteiger partial charge in [0.15, 0.2) is 0 Å². The first kappa shape index (κ1) is 32.9. The Bertz CT molecular complexity index is 1470. The highest BCUT2D eigenvalue weighted by atomic mass is 32.2. The average molecular weight is 616 g/mol. The largest absolute Gasteiger partial charge is 0.494 e. The molecule has 1 atom stereocenters. The molecule has 0 aliphatic rings. The van der Waals surface area contributed by atoms with E-state index in [2.05, 4.69) is 5.32 Å². The van der Waals surface area contributed by atoms with E-state index >= 15 is 0 Å². The van der Waals surface area contributed by atoms with E-state index in [-0.39, 0.29) is 22.7 Å². The van der Waals surface area contributed by atoms with Crippen LogP contribution in [0.1, 0.15) is 40.2 Å². The number of sulfonamides is 1. The van der Waals surface area contributed by atoms with Crippen LogP contribution in [-0.2, 0) is 26.2 Å². The van der Waals surface area contributed by atoms with Crippen molar-refractivity contribution in [3.63, 3.8) is 0 Å². The van der Waals surface area contributed by atoms with E-state index in [0.29, 0.717) is 12.4 Å². The normalized spacial score (nSPS) is 12.4. The molecule has 2 amide bonds. The highest BCUT2D eigenvalue weighted by Gasteiger charge is 2.33. The van der Waals surface area contributed by atoms with E-state index in [0.717, 1.165) is 9.20 Å². The van der Waals surface area contributed by atoms with Crippen molar-refractivity contribution in [2.75, 3.05) is 23.7 Å². The quantitative estimate of drug-likeness (QED) is 0.272. The molecule has 42 heavy (non-hydrogen) atoms. The summed E-state index contributed by atoms with van der Waals surface area (Å²) in [6.07, 6.45) is 1.88. The number of nitrogens with zero attached hydrogens (tertiary/aromatic N) is 2. The van der Waals surface area contributed by atoms with Crippen LogP contribution in [0, 0.1) is 5.82 Å². The number of ether oxygens (including phenoxy) is 1. The third-order valence-corrected chi connectivity index (χ3v) is 8.86. The van der Waals surface area contributed by atoms with Crippen LogP contribution in [0.2, 0.25) is 0 Å². The van der Waals surface area contributed by atoms with E-state index in [9.17, 15) is 22.4 Å². The van der Waals surface area contributed by atoms with Gasteiger partial charge in [-0.15, -0.1) is 11.8 Å². The van der Waals surface area contributed by atoms with Gasteiger partial charge in [-0.25, -0.2) is 12.8 Å². The Kier molecular flexibility index (Phi) is 11.0. The second-order valence-electron chi connectivity index (χ2n) is 10.6. The van der Waals surface area contributed by atoms with E-state index in [1.807, 2.05) is 34.0 Å². The zero-order valence-electron chi connectivity index (χ0n) is 24.8. The maximum atomic E-state index is 14.7. The molecule has 1 N–H and O–H groups in total. The van der Waals surface area contributed by atoms with Gasteiger partial charge in [0.25, 0.3) is 10.0 Å². The minimum atomic E-state index is -4.23. The van der Waals surface area contributed by atoms with Crippen LogP contribution in [0.3, 0.4) is 0 Å². The van der Waals surface area contributed by atoms with Crippen LogP contribution in [-0.4, -0.2) is 56.1 Å². The van der Waals surface area contributed by atoms with Gasteiger partial charge in [-0.3, -0.25) is 13.9 Å². The Morgan fingerprint density at radius 2 is 1.62 bits per heavy atom. The lowest BCUT2D eigenvalue weighted by molar-refractivity contribution is -0.140. The second-order valence-corrected chi connectivity index (χ2v) is 13.4. The maximum absolute atomic E-state index is 14.7. The number of carbonyl (C=O) groups is 2. The third-order valence-electron chi connectivity index (χ3n) is 6.33. The van der Waals surface area contributed by atoms with Crippen LogP contribution in [0.15, 0.2) is 82.6 Å². The summed E-state index contributed by atoms with van der Waals surface area (Å²) in [4.78, 5) is 29.2. The molecular weight excluding hydrogens is 577 g/mol. The molecule has 0 aromatic heterocycles. The molecule has 3 rings (SSSR count). The van der Waals surface area contributed by atoms with Gasteiger partial charge in [0.05, 0.1) is 17.2 Å². The Balaban J connectivity index is 2.06. The zero-order valence-corrected chi connectivity index (χ0v) is 26.4. The van der Waals surface area contributed by atoms with Crippen molar-refractivity contribution >= 4 is 39.3 Å². The van der Waals surface area contributed by atoms with Crippen molar-refractivity contribution in [3.05, 3.63) is 84.2 Å². The molecule has 0 saturated carbocycles. The lowest BCUT2D eigenvalue weighted by Gasteiger charge is -2.33. The molecule has 226 valence electrons. The SMILES string of the molecule is CCOc1ccc(N(CC(=O)N(Cc2ccccc2F)C(C)C(=O)NC(C)(C)C)S(=O)(=O)c2ccc(SC)cc2)cc1. The predicted molar refractivity (Wildman–Crippen MR) is 165 cm³/mol. The van der Waals surface area contributed by atoms with Crippen molar-refractivity contribution < 1.29 is 27.1 Å². The summed E-state index contributed by atoms with van der Waals surface area (Å²) >= 11 is 1.47. The summed E-state index contributed by atoms with van der Waals surface area (Å²) < 4.78 is 49.2. The summed E-state index contributed by atoms with van der Waals surface area (Å²) in [6.45, 7) is 8.38. The topological polar surface area (TPSA) is 96.0 Å². The number of nitrogens with one attached hydrogen (secondary N) is 1. The Hall–Kier alpha value is -3.57. The summed E-state index contributed by atoms with van der Waals surface area (Å²) in [5.74, 6) is -1.12. The van der Waals surface area contributed by atoms with Crippen molar-refractivity contribution in [2.45, 2.75) is 62.5 Å². The van der Waals surface area contributed by atoms with Crippen LogP contribution >= 0.6 is 11.8 Å². The van der Waals surface area contributed by atoms with Gasteiger partial charge in [-0.05, 0) is 95.5 Å². The average Bonchev–Trinajstić information content (AvgIpc) is 2.94. The number of benzene rings is 3. The molecule has 0 bridgehead atoms. The van der Waals surface area contributed by atoms with E-state index in [1.54, 1.807) is 42.5 Å². The van der Waals surface area contributed by atoms with Crippen molar-refractivity contribution in [2.24, 2.45) is 0 Å².